The quantitative estimate of drug-likeness (QED) is 0.837. The Morgan fingerprint density at radius 1 is 1.25 bits per heavy atom. The molecule has 0 aliphatic heterocycles. The first-order valence-corrected chi connectivity index (χ1v) is 7.39. The van der Waals surface area contributed by atoms with Gasteiger partial charge in [-0.15, -0.1) is 0 Å². The molecule has 0 atom stereocenters. The highest BCUT2D eigenvalue weighted by atomic mass is 16.5. The van der Waals surface area contributed by atoms with E-state index in [1.165, 1.54) is 31.4 Å². The van der Waals surface area contributed by atoms with Crippen molar-refractivity contribution in [3.05, 3.63) is 23.3 Å². The highest BCUT2D eigenvalue weighted by Crippen LogP contribution is 2.35. The van der Waals surface area contributed by atoms with Crippen molar-refractivity contribution in [2.75, 3.05) is 19.1 Å². The summed E-state index contributed by atoms with van der Waals surface area (Å²) in [6, 6.07) is 6.71. The second kappa shape index (κ2) is 6.17. The van der Waals surface area contributed by atoms with Gasteiger partial charge in [-0.25, -0.2) is 0 Å². The molecule has 0 spiro atoms. The summed E-state index contributed by atoms with van der Waals surface area (Å²) in [4.78, 5) is 2.37. The lowest BCUT2D eigenvalue weighted by molar-refractivity contribution is 0.340. The molecule has 1 aliphatic rings. The topological polar surface area (TPSA) is 36.3 Å². The first-order valence-electron chi connectivity index (χ1n) is 7.39. The van der Waals surface area contributed by atoms with E-state index < -0.39 is 0 Å². The van der Waals surface area contributed by atoms with Crippen molar-refractivity contribution in [2.24, 2.45) is 5.92 Å². The van der Waals surface area contributed by atoms with Gasteiger partial charge in [0, 0.05) is 24.3 Å². The van der Waals surface area contributed by atoms with Crippen LogP contribution in [-0.4, -0.2) is 20.2 Å². The molecule has 0 bridgehead atoms. The minimum Gasteiger partial charge on any atom is -0.495 e. The van der Waals surface area contributed by atoms with E-state index in [4.69, 9.17) is 10.00 Å². The first-order chi connectivity index (χ1) is 9.58. The van der Waals surface area contributed by atoms with Crippen LogP contribution in [0.15, 0.2) is 12.1 Å². The number of ether oxygens (including phenoxy) is 1. The third kappa shape index (κ3) is 2.75. The van der Waals surface area contributed by atoms with Crippen molar-refractivity contribution in [2.45, 2.75) is 45.6 Å². The summed E-state index contributed by atoms with van der Waals surface area (Å²) in [6.07, 6.45) is 5.11. The molecule has 20 heavy (non-hydrogen) atoms. The Balaban J connectivity index is 2.26. The molecule has 0 aromatic heterocycles. The van der Waals surface area contributed by atoms with Gasteiger partial charge in [-0.05, 0) is 50.7 Å². The molecule has 1 aliphatic carbocycles. The zero-order valence-electron chi connectivity index (χ0n) is 12.9. The van der Waals surface area contributed by atoms with Crippen LogP contribution in [0.25, 0.3) is 0 Å². The van der Waals surface area contributed by atoms with E-state index in [-0.39, 0.29) is 0 Å². The Labute approximate surface area is 122 Å². The molecule has 2 rings (SSSR count). The Hall–Kier alpha value is -1.69. The molecule has 0 N–H and O–H groups in total. The van der Waals surface area contributed by atoms with Gasteiger partial charge in [-0.1, -0.05) is 6.92 Å². The fourth-order valence-corrected chi connectivity index (χ4v) is 3.24. The van der Waals surface area contributed by atoms with Gasteiger partial charge in [0.1, 0.15) is 11.8 Å². The maximum absolute atomic E-state index is 9.14. The van der Waals surface area contributed by atoms with E-state index in [2.05, 4.69) is 31.0 Å². The normalized spacial score (nSPS) is 22.1. The fraction of sp³-hybridized carbons (Fsp3) is 0.588. The predicted octanol–water partition coefficient (Wildman–Crippen LogP) is 3.89. The molecule has 0 radical (unpaired) electrons. The third-order valence-electron chi connectivity index (χ3n) is 4.61. The van der Waals surface area contributed by atoms with Crippen LogP contribution in [0.3, 0.4) is 0 Å². The molecule has 3 heteroatoms. The van der Waals surface area contributed by atoms with Gasteiger partial charge in [0.25, 0.3) is 0 Å². The average Bonchev–Trinajstić information content (AvgIpc) is 2.47. The summed E-state index contributed by atoms with van der Waals surface area (Å²) in [6.45, 7) is 4.38. The Bertz CT molecular complexity index is 510. The minimum absolute atomic E-state index is 0.600. The second-order valence-corrected chi connectivity index (χ2v) is 5.93. The number of anilines is 1. The van der Waals surface area contributed by atoms with Crippen LogP contribution in [0.5, 0.6) is 5.75 Å². The van der Waals surface area contributed by atoms with Gasteiger partial charge in [0.2, 0.25) is 0 Å². The summed E-state index contributed by atoms with van der Waals surface area (Å²) < 4.78 is 5.41. The predicted molar refractivity (Wildman–Crippen MR) is 82.3 cm³/mol. The van der Waals surface area contributed by atoms with Crippen molar-refractivity contribution in [3.8, 4) is 11.8 Å². The first kappa shape index (κ1) is 14.7. The molecule has 1 aromatic carbocycles. The summed E-state index contributed by atoms with van der Waals surface area (Å²) >= 11 is 0. The number of hydrogen-bond donors (Lipinski definition) is 0. The van der Waals surface area contributed by atoms with Gasteiger partial charge < -0.3 is 9.64 Å². The smallest absolute Gasteiger partial charge is 0.141 e. The van der Waals surface area contributed by atoms with Crippen LogP contribution in [0, 0.1) is 24.2 Å². The molecule has 1 saturated carbocycles. The average molecular weight is 272 g/mol. The van der Waals surface area contributed by atoms with E-state index >= 15 is 0 Å². The van der Waals surface area contributed by atoms with Crippen molar-refractivity contribution in [1.29, 1.82) is 5.26 Å². The van der Waals surface area contributed by atoms with Crippen molar-refractivity contribution in [3.63, 3.8) is 0 Å². The highest BCUT2D eigenvalue weighted by molar-refractivity contribution is 5.64. The molecular formula is C17H24N2O. The number of benzene rings is 1. The van der Waals surface area contributed by atoms with Crippen LogP contribution in [0.2, 0.25) is 0 Å². The summed E-state index contributed by atoms with van der Waals surface area (Å²) in [5, 5.41) is 9.14. The number of nitrogens with zero attached hydrogens (tertiary/aromatic N) is 2. The number of hydrogen-bond acceptors (Lipinski definition) is 3. The Morgan fingerprint density at radius 3 is 2.45 bits per heavy atom. The molecule has 0 heterocycles. The van der Waals surface area contributed by atoms with Gasteiger partial charge in [-0.2, -0.15) is 5.26 Å². The Kier molecular flexibility index (Phi) is 4.54. The summed E-state index contributed by atoms with van der Waals surface area (Å²) in [7, 11) is 3.80. The van der Waals surface area contributed by atoms with Crippen LogP contribution in [-0.2, 0) is 0 Å². The lowest BCUT2D eigenvalue weighted by Gasteiger charge is -2.36. The van der Waals surface area contributed by atoms with Gasteiger partial charge in [0.05, 0.1) is 12.7 Å². The monoisotopic (exact) mass is 272 g/mol. The van der Waals surface area contributed by atoms with Crippen LogP contribution in [0.4, 0.5) is 5.69 Å². The van der Waals surface area contributed by atoms with E-state index in [1.807, 2.05) is 13.0 Å². The molecule has 1 fully saturated rings. The van der Waals surface area contributed by atoms with Gasteiger partial charge >= 0.3 is 0 Å². The fourth-order valence-electron chi connectivity index (χ4n) is 3.24. The lowest BCUT2D eigenvalue weighted by atomic mass is 9.86. The van der Waals surface area contributed by atoms with Gasteiger partial charge in [0.15, 0.2) is 0 Å². The van der Waals surface area contributed by atoms with Crippen LogP contribution < -0.4 is 9.64 Å². The molecule has 0 saturated heterocycles. The zero-order chi connectivity index (χ0) is 14.7. The summed E-state index contributed by atoms with van der Waals surface area (Å²) in [5.41, 5.74) is 2.85. The summed E-state index contributed by atoms with van der Waals surface area (Å²) in [5.74, 6) is 1.57. The molecule has 0 amide bonds. The molecule has 0 unspecified atom stereocenters. The van der Waals surface area contributed by atoms with Crippen molar-refractivity contribution >= 4 is 5.69 Å². The van der Waals surface area contributed by atoms with Gasteiger partial charge in [-0.3, -0.25) is 0 Å². The molecule has 108 valence electrons. The lowest BCUT2D eigenvalue weighted by Crippen LogP contribution is -2.35. The van der Waals surface area contributed by atoms with E-state index in [9.17, 15) is 0 Å². The number of rotatable bonds is 3. The minimum atomic E-state index is 0.600. The van der Waals surface area contributed by atoms with Crippen molar-refractivity contribution in [1.82, 2.24) is 0 Å². The number of nitriles is 1. The van der Waals surface area contributed by atoms with Crippen LogP contribution in [0.1, 0.15) is 43.7 Å². The Morgan fingerprint density at radius 2 is 1.90 bits per heavy atom. The maximum atomic E-state index is 9.14. The SMILES string of the molecule is COc1c(C#N)ccc(N(C)C2CCC(C)CC2)c1C. The third-order valence-corrected chi connectivity index (χ3v) is 4.61. The van der Waals surface area contributed by atoms with E-state index in [0.29, 0.717) is 17.4 Å². The molecular weight excluding hydrogens is 248 g/mol. The highest BCUT2D eigenvalue weighted by Gasteiger charge is 2.24. The largest absolute Gasteiger partial charge is 0.495 e. The van der Waals surface area contributed by atoms with Crippen LogP contribution >= 0.6 is 0 Å². The van der Waals surface area contributed by atoms with E-state index in [0.717, 1.165) is 11.5 Å². The molecule has 1 aromatic rings. The number of methoxy groups -OCH3 is 1. The van der Waals surface area contributed by atoms with E-state index in [1.54, 1.807) is 7.11 Å². The maximum Gasteiger partial charge on any atom is 0.141 e. The molecule has 3 nitrogen and oxygen atoms in total. The van der Waals surface area contributed by atoms with Crippen molar-refractivity contribution < 1.29 is 4.74 Å². The second-order valence-electron chi connectivity index (χ2n) is 5.93. The zero-order valence-corrected chi connectivity index (χ0v) is 12.9. The standard InChI is InChI=1S/C17H24N2O/c1-12-5-8-15(9-6-12)19(3)16-10-7-14(11-18)17(20-4)13(16)2/h7,10,12,15H,5-6,8-9H2,1-4H3.